The fourth-order valence-electron chi connectivity index (χ4n) is 2.00. The molecule has 0 fully saturated rings. The molecule has 0 amide bonds. The maximum atomic E-state index is 13.8. The van der Waals surface area contributed by atoms with Crippen LogP contribution in [0.4, 0.5) is 4.39 Å². The molecule has 1 aromatic carbocycles. The second-order valence-corrected chi connectivity index (χ2v) is 6.05. The standard InChI is InChI=1S/C15H24FN/c1-10-8-11(2)12(13(16)9-10)6-7-14(17)15(3,4)5/h8-9,14H,6-7,17H2,1-5H3. The highest BCUT2D eigenvalue weighted by molar-refractivity contribution is 5.32. The van der Waals surface area contributed by atoms with Gasteiger partial charge in [0, 0.05) is 6.04 Å². The van der Waals surface area contributed by atoms with Crippen molar-refractivity contribution >= 4 is 0 Å². The Morgan fingerprint density at radius 2 is 1.82 bits per heavy atom. The third-order valence-corrected chi connectivity index (χ3v) is 3.38. The van der Waals surface area contributed by atoms with Crippen molar-refractivity contribution in [2.75, 3.05) is 0 Å². The molecule has 0 bridgehead atoms. The summed E-state index contributed by atoms with van der Waals surface area (Å²) in [6, 6.07) is 3.73. The van der Waals surface area contributed by atoms with Crippen LogP contribution in [0, 0.1) is 25.1 Å². The van der Waals surface area contributed by atoms with Gasteiger partial charge in [-0.05, 0) is 54.9 Å². The van der Waals surface area contributed by atoms with Crippen LogP contribution in [0.2, 0.25) is 0 Å². The smallest absolute Gasteiger partial charge is 0.126 e. The van der Waals surface area contributed by atoms with Crippen LogP contribution in [0.1, 0.15) is 43.9 Å². The Morgan fingerprint density at radius 3 is 2.29 bits per heavy atom. The summed E-state index contributed by atoms with van der Waals surface area (Å²) in [6.07, 6.45) is 1.54. The van der Waals surface area contributed by atoms with Gasteiger partial charge >= 0.3 is 0 Å². The minimum atomic E-state index is -0.0939. The summed E-state index contributed by atoms with van der Waals surface area (Å²) >= 11 is 0. The van der Waals surface area contributed by atoms with Gasteiger partial charge in [0.15, 0.2) is 0 Å². The Hall–Kier alpha value is -0.890. The lowest BCUT2D eigenvalue weighted by molar-refractivity contribution is 0.305. The zero-order valence-corrected chi connectivity index (χ0v) is 11.6. The minimum absolute atomic E-state index is 0.0785. The van der Waals surface area contributed by atoms with E-state index in [-0.39, 0.29) is 17.3 Å². The van der Waals surface area contributed by atoms with E-state index in [9.17, 15) is 4.39 Å². The Labute approximate surface area is 104 Å². The van der Waals surface area contributed by atoms with Gasteiger partial charge in [-0.15, -0.1) is 0 Å². The van der Waals surface area contributed by atoms with Crippen molar-refractivity contribution in [1.29, 1.82) is 0 Å². The fourth-order valence-corrected chi connectivity index (χ4v) is 2.00. The van der Waals surface area contributed by atoms with E-state index in [0.29, 0.717) is 0 Å². The molecule has 96 valence electrons. The van der Waals surface area contributed by atoms with E-state index < -0.39 is 0 Å². The highest BCUT2D eigenvalue weighted by Gasteiger charge is 2.21. The van der Waals surface area contributed by atoms with Gasteiger partial charge in [0.2, 0.25) is 0 Å². The van der Waals surface area contributed by atoms with Gasteiger partial charge in [0.05, 0.1) is 0 Å². The van der Waals surface area contributed by atoms with Crippen LogP contribution >= 0.6 is 0 Å². The van der Waals surface area contributed by atoms with Crippen LogP contribution in [0.5, 0.6) is 0 Å². The summed E-state index contributed by atoms with van der Waals surface area (Å²) in [7, 11) is 0. The Balaban J connectivity index is 2.77. The van der Waals surface area contributed by atoms with Crippen molar-refractivity contribution in [3.8, 4) is 0 Å². The van der Waals surface area contributed by atoms with Crippen molar-refractivity contribution < 1.29 is 4.39 Å². The average Bonchev–Trinajstić information content (AvgIpc) is 2.13. The van der Waals surface area contributed by atoms with Crippen molar-refractivity contribution in [2.45, 2.75) is 53.5 Å². The molecule has 0 saturated heterocycles. The molecule has 0 saturated carbocycles. The second kappa shape index (κ2) is 5.18. The molecule has 1 rings (SSSR count). The molecule has 1 aromatic rings. The topological polar surface area (TPSA) is 26.0 Å². The van der Waals surface area contributed by atoms with Crippen LogP contribution in [0.3, 0.4) is 0 Å². The van der Waals surface area contributed by atoms with Crippen LogP contribution in [-0.4, -0.2) is 6.04 Å². The number of benzene rings is 1. The van der Waals surface area contributed by atoms with E-state index in [2.05, 4.69) is 20.8 Å². The van der Waals surface area contributed by atoms with Gasteiger partial charge in [-0.3, -0.25) is 0 Å². The molecule has 0 aromatic heterocycles. The maximum absolute atomic E-state index is 13.8. The number of aryl methyl sites for hydroxylation is 2. The van der Waals surface area contributed by atoms with E-state index in [1.807, 2.05) is 19.9 Å². The lowest BCUT2D eigenvalue weighted by Crippen LogP contribution is -2.35. The highest BCUT2D eigenvalue weighted by atomic mass is 19.1. The first-order valence-corrected chi connectivity index (χ1v) is 6.23. The average molecular weight is 237 g/mol. The molecule has 0 aliphatic heterocycles. The third-order valence-electron chi connectivity index (χ3n) is 3.38. The number of halogens is 1. The van der Waals surface area contributed by atoms with Crippen LogP contribution < -0.4 is 5.73 Å². The molecule has 0 aliphatic rings. The Bertz CT molecular complexity index is 367. The second-order valence-electron chi connectivity index (χ2n) is 6.05. The van der Waals surface area contributed by atoms with Crippen LogP contribution in [-0.2, 0) is 6.42 Å². The van der Waals surface area contributed by atoms with Gasteiger partial charge in [-0.2, -0.15) is 0 Å². The lowest BCUT2D eigenvalue weighted by Gasteiger charge is -2.27. The molecule has 1 atom stereocenters. The number of hydrogen-bond donors (Lipinski definition) is 1. The summed E-state index contributed by atoms with van der Waals surface area (Å²) in [5, 5.41) is 0. The molecule has 0 radical (unpaired) electrons. The first-order valence-electron chi connectivity index (χ1n) is 6.23. The fraction of sp³-hybridized carbons (Fsp3) is 0.600. The zero-order chi connectivity index (χ0) is 13.2. The quantitative estimate of drug-likeness (QED) is 0.851. The van der Waals surface area contributed by atoms with E-state index in [1.165, 1.54) is 0 Å². The van der Waals surface area contributed by atoms with Crippen molar-refractivity contribution in [3.05, 3.63) is 34.6 Å². The SMILES string of the molecule is Cc1cc(C)c(CCC(N)C(C)(C)C)c(F)c1. The van der Waals surface area contributed by atoms with Crippen LogP contribution in [0.15, 0.2) is 12.1 Å². The molecule has 1 nitrogen and oxygen atoms in total. The molecular formula is C15H24FN. The summed E-state index contributed by atoms with van der Waals surface area (Å²) in [5.41, 5.74) is 9.01. The van der Waals surface area contributed by atoms with Gasteiger partial charge in [0.25, 0.3) is 0 Å². The lowest BCUT2D eigenvalue weighted by atomic mass is 9.83. The number of nitrogens with two attached hydrogens (primary N) is 1. The van der Waals surface area contributed by atoms with E-state index in [4.69, 9.17) is 5.73 Å². The maximum Gasteiger partial charge on any atom is 0.126 e. The van der Waals surface area contributed by atoms with Crippen molar-refractivity contribution in [3.63, 3.8) is 0 Å². The van der Waals surface area contributed by atoms with Crippen molar-refractivity contribution in [1.82, 2.24) is 0 Å². The molecule has 2 N–H and O–H groups in total. The zero-order valence-electron chi connectivity index (χ0n) is 11.6. The number of hydrogen-bond acceptors (Lipinski definition) is 1. The summed E-state index contributed by atoms with van der Waals surface area (Å²) < 4.78 is 13.8. The molecule has 17 heavy (non-hydrogen) atoms. The van der Waals surface area contributed by atoms with Gasteiger partial charge < -0.3 is 5.73 Å². The predicted octanol–water partition coefficient (Wildman–Crippen LogP) is 3.75. The molecule has 1 unspecified atom stereocenters. The van der Waals surface area contributed by atoms with Gasteiger partial charge in [-0.25, -0.2) is 4.39 Å². The predicted molar refractivity (Wildman–Crippen MR) is 71.6 cm³/mol. The molecule has 0 spiro atoms. The van der Waals surface area contributed by atoms with Crippen LogP contribution in [0.25, 0.3) is 0 Å². The summed E-state index contributed by atoms with van der Waals surface area (Å²) in [6.45, 7) is 10.2. The molecule has 0 heterocycles. The summed E-state index contributed by atoms with van der Waals surface area (Å²) in [5.74, 6) is -0.0939. The largest absolute Gasteiger partial charge is 0.327 e. The Kier molecular flexibility index (Phi) is 4.31. The molecular weight excluding hydrogens is 213 g/mol. The number of rotatable bonds is 3. The third kappa shape index (κ3) is 3.81. The van der Waals surface area contributed by atoms with Gasteiger partial charge in [-0.1, -0.05) is 26.8 Å². The first kappa shape index (κ1) is 14.2. The van der Waals surface area contributed by atoms with E-state index >= 15 is 0 Å². The van der Waals surface area contributed by atoms with Gasteiger partial charge in [0.1, 0.15) is 5.82 Å². The molecule has 0 aliphatic carbocycles. The normalized spacial score (nSPS) is 13.8. The minimum Gasteiger partial charge on any atom is -0.327 e. The first-order chi connectivity index (χ1) is 7.71. The van der Waals surface area contributed by atoms with E-state index in [0.717, 1.165) is 29.5 Å². The molecule has 2 heteroatoms. The monoisotopic (exact) mass is 237 g/mol. The summed E-state index contributed by atoms with van der Waals surface area (Å²) in [4.78, 5) is 0. The highest BCUT2D eigenvalue weighted by Crippen LogP contribution is 2.23. The Morgan fingerprint density at radius 1 is 1.24 bits per heavy atom. The van der Waals surface area contributed by atoms with E-state index in [1.54, 1.807) is 6.07 Å². The van der Waals surface area contributed by atoms with Crippen molar-refractivity contribution in [2.24, 2.45) is 11.1 Å².